The van der Waals surface area contributed by atoms with E-state index in [1.165, 1.54) is 4.90 Å². The highest BCUT2D eigenvalue weighted by Gasteiger charge is 2.08. The van der Waals surface area contributed by atoms with Gasteiger partial charge >= 0.3 is 0 Å². The summed E-state index contributed by atoms with van der Waals surface area (Å²) in [6.45, 7) is 0. The summed E-state index contributed by atoms with van der Waals surface area (Å²) in [5, 5.41) is 11.4. The van der Waals surface area contributed by atoms with Crippen molar-refractivity contribution in [3.8, 4) is 11.5 Å². The second kappa shape index (κ2) is 6.67. The van der Waals surface area contributed by atoms with Crippen molar-refractivity contribution in [3.05, 3.63) is 59.0 Å². The maximum absolute atomic E-state index is 5.23. The molecule has 2 aromatic heterocycles. The van der Waals surface area contributed by atoms with Crippen LogP contribution in [0.3, 0.4) is 0 Å². The van der Waals surface area contributed by atoms with Crippen LogP contribution in [-0.4, -0.2) is 32.3 Å². The van der Waals surface area contributed by atoms with Crippen molar-refractivity contribution in [1.82, 2.24) is 19.9 Å². The van der Waals surface area contributed by atoms with Crippen LogP contribution in [0.2, 0.25) is 0 Å². The minimum absolute atomic E-state index is 0.428. The van der Waals surface area contributed by atoms with E-state index in [4.69, 9.17) is 12.2 Å². The van der Waals surface area contributed by atoms with Crippen LogP contribution in [0.1, 0.15) is 5.56 Å². The third-order valence-corrected chi connectivity index (χ3v) is 3.99. The molecule has 0 fully saturated rings. The van der Waals surface area contributed by atoms with Crippen molar-refractivity contribution in [1.29, 1.82) is 0 Å². The van der Waals surface area contributed by atoms with Gasteiger partial charge in [-0.2, -0.15) is 14.9 Å². The second-order valence-corrected chi connectivity index (χ2v) is 5.66. The summed E-state index contributed by atoms with van der Waals surface area (Å²) in [4.78, 5) is 5.49. The number of rotatable bonds is 4. The third kappa shape index (κ3) is 3.15. The highest BCUT2D eigenvalue weighted by Crippen LogP contribution is 2.15. The maximum atomic E-state index is 5.23. The van der Waals surface area contributed by atoms with E-state index in [0.717, 1.165) is 5.56 Å². The summed E-state index contributed by atoms with van der Waals surface area (Å²) in [7, 11) is 0. The smallest absolute Gasteiger partial charge is 0.216 e. The number of nitrogens with zero attached hydrogens (tertiary/aromatic N) is 4. The van der Waals surface area contributed by atoms with Crippen LogP contribution in [-0.2, 0) is 0 Å². The number of pyridine rings is 1. The summed E-state index contributed by atoms with van der Waals surface area (Å²) >= 11 is 6.93. The number of aromatic nitrogens is 4. The molecule has 1 aromatic carbocycles. The van der Waals surface area contributed by atoms with Gasteiger partial charge in [-0.3, -0.25) is 4.98 Å². The molecule has 0 aliphatic heterocycles. The molecule has 0 bridgehead atoms. The second-order valence-electron chi connectivity index (χ2n) is 4.40. The van der Waals surface area contributed by atoms with Crippen molar-refractivity contribution in [2.75, 3.05) is 6.26 Å². The number of hydrogen-bond acceptors (Lipinski definition) is 5. The van der Waals surface area contributed by atoms with Gasteiger partial charge in [-0.25, -0.2) is 5.10 Å². The largest absolute Gasteiger partial charge is 0.253 e. The van der Waals surface area contributed by atoms with Crippen LogP contribution in [0.25, 0.3) is 11.5 Å². The first kappa shape index (κ1) is 14.7. The zero-order valence-corrected chi connectivity index (χ0v) is 13.4. The number of hydrogen-bond donors (Lipinski definition) is 1. The fourth-order valence-electron chi connectivity index (χ4n) is 1.87. The quantitative estimate of drug-likeness (QED) is 0.452. The average Bonchev–Trinajstić information content (AvgIpc) is 2.95. The Kier molecular flexibility index (Phi) is 4.45. The summed E-state index contributed by atoms with van der Waals surface area (Å²) < 4.78 is 2.00. The lowest BCUT2D eigenvalue weighted by atomic mass is 10.2. The SMILES string of the molecule is CSc1ccc(/C=N/n2c(-c3ccccn3)n[nH]c2=S)cc1. The lowest BCUT2D eigenvalue weighted by Crippen LogP contribution is -1.96. The minimum Gasteiger partial charge on any atom is -0.253 e. The van der Waals surface area contributed by atoms with Crippen molar-refractivity contribution in [3.63, 3.8) is 0 Å². The van der Waals surface area contributed by atoms with Gasteiger partial charge in [0.2, 0.25) is 10.6 Å². The molecule has 0 unspecified atom stereocenters. The van der Waals surface area contributed by atoms with Gasteiger partial charge in [0.15, 0.2) is 0 Å². The van der Waals surface area contributed by atoms with E-state index in [2.05, 4.69) is 32.4 Å². The Balaban J connectivity index is 1.93. The van der Waals surface area contributed by atoms with Crippen molar-refractivity contribution < 1.29 is 0 Å². The standard InChI is InChI=1S/C15H13N5S2/c1-22-12-7-5-11(6-8-12)10-17-20-14(18-19-15(20)21)13-4-2-3-9-16-13/h2-10H,1H3,(H,19,21)/b17-10+. The van der Waals surface area contributed by atoms with Crippen LogP contribution >= 0.6 is 24.0 Å². The van der Waals surface area contributed by atoms with E-state index >= 15 is 0 Å². The Morgan fingerprint density at radius 1 is 1.23 bits per heavy atom. The fourth-order valence-corrected chi connectivity index (χ4v) is 2.46. The first-order chi connectivity index (χ1) is 10.8. The van der Waals surface area contributed by atoms with E-state index in [-0.39, 0.29) is 0 Å². The van der Waals surface area contributed by atoms with E-state index < -0.39 is 0 Å². The Hall–Kier alpha value is -2.25. The highest BCUT2D eigenvalue weighted by atomic mass is 32.2. The van der Waals surface area contributed by atoms with E-state index in [1.54, 1.807) is 28.8 Å². The lowest BCUT2D eigenvalue weighted by Gasteiger charge is -2.00. The monoisotopic (exact) mass is 327 g/mol. The van der Waals surface area contributed by atoms with Gasteiger partial charge in [-0.15, -0.1) is 11.8 Å². The molecule has 3 aromatic rings. The number of thioether (sulfide) groups is 1. The molecule has 7 heteroatoms. The van der Waals surface area contributed by atoms with Crippen LogP contribution in [0.4, 0.5) is 0 Å². The maximum Gasteiger partial charge on any atom is 0.216 e. The Labute approximate surface area is 137 Å². The molecule has 0 spiro atoms. The minimum atomic E-state index is 0.428. The van der Waals surface area contributed by atoms with Gasteiger partial charge in [0.1, 0.15) is 5.69 Å². The molecule has 0 amide bonds. The lowest BCUT2D eigenvalue weighted by molar-refractivity contribution is 0.867. The van der Waals surface area contributed by atoms with Gasteiger partial charge in [0.25, 0.3) is 0 Å². The number of H-pyrrole nitrogens is 1. The van der Waals surface area contributed by atoms with Crippen LogP contribution in [0.5, 0.6) is 0 Å². The Morgan fingerprint density at radius 3 is 2.73 bits per heavy atom. The molecule has 0 aliphatic carbocycles. The predicted molar refractivity (Wildman–Crippen MR) is 91.9 cm³/mol. The average molecular weight is 327 g/mol. The normalized spacial score (nSPS) is 11.1. The molecular formula is C15H13N5S2. The molecule has 3 rings (SSSR count). The highest BCUT2D eigenvalue weighted by molar-refractivity contribution is 7.98. The van der Waals surface area contributed by atoms with Crippen molar-refractivity contribution >= 4 is 30.2 Å². The van der Waals surface area contributed by atoms with Gasteiger partial charge in [0, 0.05) is 11.1 Å². The molecular weight excluding hydrogens is 314 g/mol. The zero-order chi connectivity index (χ0) is 15.4. The summed E-state index contributed by atoms with van der Waals surface area (Å²) in [5.41, 5.74) is 1.71. The van der Waals surface area contributed by atoms with Gasteiger partial charge in [-0.05, 0) is 48.3 Å². The topological polar surface area (TPSA) is 58.9 Å². The molecule has 0 saturated heterocycles. The molecule has 2 heterocycles. The summed E-state index contributed by atoms with van der Waals surface area (Å²) in [6.07, 6.45) is 5.51. The van der Waals surface area contributed by atoms with Gasteiger partial charge in [0.05, 0.1) is 6.21 Å². The first-order valence-corrected chi connectivity index (χ1v) is 8.18. The Bertz CT molecular complexity index is 834. The summed E-state index contributed by atoms with van der Waals surface area (Å²) in [5.74, 6) is 0.586. The molecule has 0 saturated carbocycles. The zero-order valence-electron chi connectivity index (χ0n) is 11.8. The predicted octanol–water partition coefficient (Wildman–Crippen LogP) is 3.61. The van der Waals surface area contributed by atoms with E-state index in [9.17, 15) is 0 Å². The van der Waals surface area contributed by atoms with Gasteiger partial charge < -0.3 is 0 Å². The summed E-state index contributed by atoms with van der Waals surface area (Å²) in [6, 6.07) is 13.8. The van der Waals surface area contributed by atoms with Gasteiger partial charge in [-0.1, -0.05) is 18.2 Å². The number of benzene rings is 1. The molecule has 5 nitrogen and oxygen atoms in total. The fraction of sp³-hybridized carbons (Fsp3) is 0.0667. The van der Waals surface area contributed by atoms with Crippen LogP contribution < -0.4 is 0 Å². The molecule has 0 aliphatic rings. The third-order valence-electron chi connectivity index (χ3n) is 2.98. The van der Waals surface area contributed by atoms with E-state index in [1.807, 2.05) is 36.6 Å². The Morgan fingerprint density at radius 2 is 2.05 bits per heavy atom. The van der Waals surface area contributed by atoms with E-state index in [0.29, 0.717) is 16.3 Å². The number of nitrogens with one attached hydrogen (secondary N) is 1. The van der Waals surface area contributed by atoms with Crippen molar-refractivity contribution in [2.45, 2.75) is 4.90 Å². The van der Waals surface area contributed by atoms with Crippen LogP contribution in [0, 0.1) is 4.77 Å². The molecule has 0 atom stereocenters. The van der Waals surface area contributed by atoms with Crippen molar-refractivity contribution in [2.24, 2.45) is 5.10 Å². The molecule has 0 radical (unpaired) electrons. The molecule has 22 heavy (non-hydrogen) atoms. The van der Waals surface area contributed by atoms with Crippen LogP contribution in [0.15, 0.2) is 58.7 Å². The first-order valence-electron chi connectivity index (χ1n) is 6.55. The number of aromatic amines is 1. The molecule has 1 N–H and O–H groups in total. The molecule has 110 valence electrons.